The summed E-state index contributed by atoms with van der Waals surface area (Å²) in [6.07, 6.45) is 0. The van der Waals surface area contributed by atoms with Gasteiger partial charge in [0.2, 0.25) is 0 Å². The van der Waals surface area contributed by atoms with Crippen molar-refractivity contribution in [1.82, 2.24) is 5.32 Å². The Hall–Kier alpha value is -2.41. The first-order valence-corrected chi connectivity index (χ1v) is 8.27. The van der Waals surface area contributed by atoms with Crippen molar-refractivity contribution in [3.8, 4) is 0 Å². The fourth-order valence-electron chi connectivity index (χ4n) is 2.24. The topological polar surface area (TPSA) is 88.9 Å². The van der Waals surface area contributed by atoms with Crippen LogP contribution in [-0.4, -0.2) is 50.1 Å². The molecule has 0 bridgehead atoms. The number of carbonyl (C=O) groups excluding carboxylic acids is 3. The molecule has 0 aliphatic rings. The molecule has 3 N–H and O–H groups in total. The molecule has 25 heavy (non-hydrogen) atoms. The minimum Gasteiger partial charge on any atom is -0.465 e. The number of esters is 1. The summed E-state index contributed by atoms with van der Waals surface area (Å²) in [5, 5.41) is 5.66. The molecule has 0 aromatic heterocycles. The highest BCUT2D eigenvalue weighted by molar-refractivity contribution is 5.93. The number of anilines is 1. The van der Waals surface area contributed by atoms with Crippen molar-refractivity contribution in [2.75, 3.05) is 32.1 Å². The van der Waals surface area contributed by atoms with Gasteiger partial charge < -0.3 is 20.3 Å². The molecule has 1 atom stereocenters. The van der Waals surface area contributed by atoms with Gasteiger partial charge in [0.25, 0.3) is 11.8 Å². The molecule has 0 spiro atoms. The number of nitrogens with one attached hydrogen (secondary N) is 3. The van der Waals surface area contributed by atoms with Crippen LogP contribution in [0.1, 0.15) is 38.1 Å². The van der Waals surface area contributed by atoms with E-state index in [0.717, 1.165) is 4.90 Å². The summed E-state index contributed by atoms with van der Waals surface area (Å²) in [5.41, 5.74) is 0.715. The second-order valence-electron chi connectivity index (χ2n) is 6.87. The van der Waals surface area contributed by atoms with E-state index < -0.39 is 5.97 Å². The van der Waals surface area contributed by atoms with E-state index in [1.54, 1.807) is 24.3 Å². The lowest BCUT2D eigenvalue weighted by atomic mass is 10.1. The quantitative estimate of drug-likeness (QED) is 0.614. The number of rotatable bonds is 7. The minimum absolute atomic E-state index is 0.0837. The van der Waals surface area contributed by atoms with Crippen LogP contribution in [-0.2, 0) is 14.3 Å². The number of likely N-dealkylation sites (N-methyl/N-ethyl adjacent to an activating group) is 1. The standard InChI is InChI=1S/C18H27N3O4/c1-6-21(12-16(23)20-18(2,3)4)11-15(22)19-14-9-7-13(8-10-14)17(24)25-5/h7-10H,6,11-12H2,1-5H3,(H,19,22)(H,20,23)/p+1. The van der Waals surface area contributed by atoms with Gasteiger partial charge in [0.05, 0.1) is 19.2 Å². The predicted octanol–water partition coefficient (Wildman–Crippen LogP) is 0.231. The summed E-state index contributed by atoms with van der Waals surface area (Å²) < 4.78 is 4.63. The molecule has 0 saturated carbocycles. The molecular formula is C18H28N3O4+. The number of methoxy groups -OCH3 is 1. The molecule has 7 heteroatoms. The molecule has 0 saturated heterocycles. The van der Waals surface area contributed by atoms with E-state index in [1.165, 1.54) is 7.11 Å². The summed E-state index contributed by atoms with van der Waals surface area (Å²) >= 11 is 0. The van der Waals surface area contributed by atoms with Gasteiger partial charge in [-0.15, -0.1) is 0 Å². The highest BCUT2D eigenvalue weighted by Gasteiger charge is 2.20. The number of hydrogen-bond acceptors (Lipinski definition) is 4. The number of carbonyl (C=O) groups is 3. The Kier molecular flexibility index (Phi) is 7.57. The monoisotopic (exact) mass is 350 g/mol. The van der Waals surface area contributed by atoms with Gasteiger partial charge in [-0.25, -0.2) is 4.79 Å². The molecule has 138 valence electrons. The molecule has 1 rings (SSSR count). The van der Waals surface area contributed by atoms with Crippen LogP contribution in [0.3, 0.4) is 0 Å². The van der Waals surface area contributed by atoms with Crippen LogP contribution in [0.5, 0.6) is 0 Å². The molecule has 1 aromatic carbocycles. The highest BCUT2D eigenvalue weighted by Crippen LogP contribution is 2.10. The first kappa shape index (κ1) is 20.6. The van der Waals surface area contributed by atoms with Gasteiger partial charge in [0.15, 0.2) is 13.1 Å². The summed E-state index contributed by atoms with van der Waals surface area (Å²) in [5.74, 6) is -0.699. The van der Waals surface area contributed by atoms with Crippen LogP contribution >= 0.6 is 0 Å². The Morgan fingerprint density at radius 3 is 2.08 bits per heavy atom. The fraction of sp³-hybridized carbons (Fsp3) is 0.500. The van der Waals surface area contributed by atoms with Crippen LogP contribution in [0.15, 0.2) is 24.3 Å². The number of hydrogen-bond donors (Lipinski definition) is 3. The Morgan fingerprint density at radius 1 is 1.04 bits per heavy atom. The molecule has 0 radical (unpaired) electrons. The smallest absolute Gasteiger partial charge is 0.337 e. The van der Waals surface area contributed by atoms with Crippen LogP contribution in [0.25, 0.3) is 0 Å². The van der Waals surface area contributed by atoms with E-state index in [1.807, 2.05) is 27.7 Å². The maximum absolute atomic E-state index is 12.2. The van der Waals surface area contributed by atoms with Crippen molar-refractivity contribution < 1.29 is 24.0 Å². The summed E-state index contributed by atoms with van der Waals surface area (Å²) in [6.45, 7) is 8.77. The van der Waals surface area contributed by atoms with E-state index in [9.17, 15) is 14.4 Å². The SMILES string of the molecule is CC[NH+](CC(=O)Nc1ccc(C(=O)OC)cc1)CC(=O)NC(C)(C)C. The summed E-state index contributed by atoms with van der Waals surface area (Å²) in [6, 6.07) is 6.45. The molecule has 1 aromatic rings. The number of benzene rings is 1. The summed E-state index contributed by atoms with van der Waals surface area (Å²) in [4.78, 5) is 36.4. The molecule has 0 fully saturated rings. The van der Waals surface area contributed by atoms with Gasteiger partial charge in [-0.05, 0) is 52.0 Å². The Balaban J connectivity index is 2.56. The molecule has 2 amide bonds. The zero-order chi connectivity index (χ0) is 19.0. The van der Waals surface area contributed by atoms with Gasteiger partial charge in [-0.3, -0.25) is 9.59 Å². The van der Waals surface area contributed by atoms with Crippen molar-refractivity contribution in [2.24, 2.45) is 0 Å². The normalized spacial score (nSPS) is 12.2. The van der Waals surface area contributed by atoms with Crippen molar-refractivity contribution in [2.45, 2.75) is 33.2 Å². The highest BCUT2D eigenvalue weighted by atomic mass is 16.5. The van der Waals surface area contributed by atoms with Gasteiger partial charge in [-0.2, -0.15) is 0 Å². The molecule has 7 nitrogen and oxygen atoms in total. The molecule has 0 aliphatic carbocycles. The van der Waals surface area contributed by atoms with Crippen LogP contribution in [0.2, 0.25) is 0 Å². The molecule has 0 aliphatic heterocycles. The van der Waals surface area contributed by atoms with Crippen molar-refractivity contribution in [1.29, 1.82) is 0 Å². The minimum atomic E-state index is -0.427. The maximum atomic E-state index is 12.2. The van der Waals surface area contributed by atoms with Crippen LogP contribution in [0, 0.1) is 0 Å². The first-order chi connectivity index (χ1) is 11.6. The first-order valence-electron chi connectivity index (χ1n) is 8.27. The van der Waals surface area contributed by atoms with Gasteiger partial charge in [0.1, 0.15) is 0 Å². The second kappa shape index (κ2) is 9.17. The third-order valence-corrected chi connectivity index (χ3v) is 3.43. The van der Waals surface area contributed by atoms with Crippen molar-refractivity contribution >= 4 is 23.5 Å². The fourth-order valence-corrected chi connectivity index (χ4v) is 2.24. The Labute approximate surface area is 148 Å². The second-order valence-corrected chi connectivity index (χ2v) is 6.87. The van der Waals surface area contributed by atoms with E-state index in [-0.39, 0.29) is 30.4 Å². The lowest BCUT2D eigenvalue weighted by molar-refractivity contribution is -0.881. The molecular weight excluding hydrogens is 322 g/mol. The van der Waals surface area contributed by atoms with E-state index in [2.05, 4.69) is 15.4 Å². The van der Waals surface area contributed by atoms with Crippen LogP contribution in [0.4, 0.5) is 5.69 Å². The molecule has 1 unspecified atom stereocenters. The lowest BCUT2D eigenvalue weighted by Crippen LogP contribution is -3.14. The van der Waals surface area contributed by atoms with E-state index in [0.29, 0.717) is 17.8 Å². The average Bonchev–Trinajstić information content (AvgIpc) is 2.52. The maximum Gasteiger partial charge on any atom is 0.337 e. The Bertz CT molecular complexity index is 606. The number of ether oxygens (including phenoxy) is 1. The third kappa shape index (κ3) is 7.80. The average molecular weight is 350 g/mol. The van der Waals surface area contributed by atoms with Crippen molar-refractivity contribution in [3.63, 3.8) is 0 Å². The van der Waals surface area contributed by atoms with Gasteiger partial charge in [0, 0.05) is 11.2 Å². The zero-order valence-corrected chi connectivity index (χ0v) is 15.6. The van der Waals surface area contributed by atoms with E-state index >= 15 is 0 Å². The molecule has 0 heterocycles. The van der Waals surface area contributed by atoms with Crippen molar-refractivity contribution in [3.05, 3.63) is 29.8 Å². The lowest BCUT2D eigenvalue weighted by Gasteiger charge is -2.23. The van der Waals surface area contributed by atoms with Crippen LogP contribution < -0.4 is 15.5 Å². The Morgan fingerprint density at radius 2 is 1.60 bits per heavy atom. The van der Waals surface area contributed by atoms with E-state index in [4.69, 9.17) is 0 Å². The van der Waals surface area contributed by atoms with Gasteiger partial charge >= 0.3 is 5.97 Å². The summed E-state index contributed by atoms with van der Waals surface area (Å²) in [7, 11) is 1.32. The number of amides is 2. The predicted molar refractivity (Wildman–Crippen MR) is 95.5 cm³/mol. The largest absolute Gasteiger partial charge is 0.465 e. The number of quaternary nitrogens is 1. The third-order valence-electron chi connectivity index (χ3n) is 3.43. The zero-order valence-electron chi connectivity index (χ0n) is 15.6. The van der Waals surface area contributed by atoms with Gasteiger partial charge in [-0.1, -0.05) is 0 Å².